The molecule has 2 aromatic rings. The molecule has 4 rings (SSSR count). The van der Waals surface area contributed by atoms with Gasteiger partial charge in [0.15, 0.2) is 0 Å². The molecule has 1 fully saturated rings. The second-order valence-corrected chi connectivity index (χ2v) is 9.45. The first-order chi connectivity index (χ1) is 14.2. The van der Waals surface area contributed by atoms with E-state index in [-0.39, 0.29) is 23.3 Å². The van der Waals surface area contributed by atoms with Crippen molar-refractivity contribution < 1.29 is 19.5 Å². The number of hydrogen-bond donors (Lipinski definition) is 3. The molecule has 30 heavy (non-hydrogen) atoms. The summed E-state index contributed by atoms with van der Waals surface area (Å²) in [4.78, 5) is 38.1. The minimum absolute atomic E-state index is 0.0894. The van der Waals surface area contributed by atoms with Gasteiger partial charge in [0.2, 0.25) is 5.91 Å². The van der Waals surface area contributed by atoms with Crippen LogP contribution in [0.3, 0.4) is 0 Å². The highest BCUT2D eigenvalue weighted by Gasteiger charge is 2.51. The van der Waals surface area contributed by atoms with Gasteiger partial charge in [0.1, 0.15) is 5.00 Å². The molecule has 1 aromatic heterocycles. The Morgan fingerprint density at radius 2 is 1.73 bits per heavy atom. The van der Waals surface area contributed by atoms with E-state index in [1.165, 1.54) is 11.3 Å². The van der Waals surface area contributed by atoms with Crippen LogP contribution < -0.4 is 11.1 Å². The first kappa shape index (κ1) is 20.3. The maximum Gasteiger partial charge on any atom is 0.307 e. The van der Waals surface area contributed by atoms with Gasteiger partial charge in [0.05, 0.1) is 17.4 Å². The third-order valence-corrected chi connectivity index (χ3v) is 7.43. The maximum atomic E-state index is 13.1. The molecule has 7 heteroatoms. The Kier molecular flexibility index (Phi) is 5.02. The predicted octanol–water partition coefficient (Wildman–Crippen LogP) is 3.90. The third kappa shape index (κ3) is 3.23. The van der Waals surface area contributed by atoms with Crippen molar-refractivity contribution in [2.24, 2.45) is 29.4 Å². The van der Waals surface area contributed by atoms with Crippen molar-refractivity contribution in [2.45, 2.75) is 27.2 Å². The van der Waals surface area contributed by atoms with Gasteiger partial charge in [-0.25, -0.2) is 0 Å². The van der Waals surface area contributed by atoms with Crippen molar-refractivity contribution in [2.75, 3.05) is 5.32 Å². The van der Waals surface area contributed by atoms with Gasteiger partial charge in [0.25, 0.3) is 5.91 Å². The SMILES string of the molecule is Cc1ccc(-c2c(C)sc(NC(=O)C3C4C=CC(C4)C3C(=O)O)c2C(N)=O)cc1C. The van der Waals surface area contributed by atoms with E-state index in [1.54, 1.807) is 0 Å². The van der Waals surface area contributed by atoms with E-state index >= 15 is 0 Å². The van der Waals surface area contributed by atoms with Gasteiger partial charge in [-0.05, 0) is 55.7 Å². The number of benzene rings is 1. The van der Waals surface area contributed by atoms with Crippen LogP contribution in [0.1, 0.15) is 32.8 Å². The van der Waals surface area contributed by atoms with Crippen molar-refractivity contribution in [3.8, 4) is 11.1 Å². The molecular formula is C23H24N2O4S. The van der Waals surface area contributed by atoms with Crippen LogP contribution >= 0.6 is 11.3 Å². The van der Waals surface area contributed by atoms with Crippen molar-refractivity contribution in [3.05, 3.63) is 51.9 Å². The Morgan fingerprint density at radius 1 is 1.07 bits per heavy atom. The molecule has 0 radical (unpaired) electrons. The summed E-state index contributed by atoms with van der Waals surface area (Å²) >= 11 is 1.29. The molecule has 6 nitrogen and oxygen atoms in total. The Bertz CT molecular complexity index is 1100. The zero-order valence-corrected chi connectivity index (χ0v) is 17.9. The van der Waals surface area contributed by atoms with Crippen molar-refractivity contribution in [1.82, 2.24) is 0 Å². The van der Waals surface area contributed by atoms with E-state index in [0.717, 1.165) is 21.6 Å². The minimum atomic E-state index is -0.958. The van der Waals surface area contributed by atoms with E-state index in [0.29, 0.717) is 17.0 Å². The standard InChI is InChI=1S/C23H24N2O4S/c1-10-4-5-13(8-11(10)2)16-12(3)30-22(19(16)20(24)26)25-21(27)17-14-6-7-15(9-14)18(17)23(28)29/h4-8,14-15,17-18H,9H2,1-3H3,(H2,24,26)(H,25,27)(H,28,29). The van der Waals surface area contributed by atoms with Gasteiger partial charge < -0.3 is 16.2 Å². The van der Waals surface area contributed by atoms with Gasteiger partial charge in [-0.2, -0.15) is 0 Å². The molecule has 4 atom stereocenters. The fourth-order valence-corrected chi connectivity index (χ4v) is 5.91. The van der Waals surface area contributed by atoms with E-state index in [9.17, 15) is 19.5 Å². The summed E-state index contributed by atoms with van der Waals surface area (Å²) in [6.45, 7) is 5.91. The Hall–Kier alpha value is -2.93. The van der Waals surface area contributed by atoms with Crippen LogP contribution in [0.15, 0.2) is 30.4 Å². The summed E-state index contributed by atoms with van der Waals surface area (Å²) in [6.07, 6.45) is 4.51. The lowest BCUT2D eigenvalue weighted by atomic mass is 9.82. The first-order valence-electron chi connectivity index (χ1n) is 9.91. The van der Waals surface area contributed by atoms with Crippen LogP contribution in [0.5, 0.6) is 0 Å². The number of aliphatic carboxylic acids is 1. The number of anilines is 1. The van der Waals surface area contributed by atoms with Crippen molar-refractivity contribution in [3.63, 3.8) is 0 Å². The smallest absolute Gasteiger partial charge is 0.307 e. The molecule has 4 unspecified atom stereocenters. The molecule has 0 aliphatic heterocycles. The zero-order chi connectivity index (χ0) is 21.7. The first-order valence-corrected chi connectivity index (χ1v) is 10.7. The second-order valence-electron chi connectivity index (χ2n) is 8.23. The number of allylic oxidation sites excluding steroid dienone is 2. The molecule has 2 aliphatic carbocycles. The Morgan fingerprint density at radius 3 is 2.33 bits per heavy atom. The van der Waals surface area contributed by atoms with Gasteiger partial charge >= 0.3 is 5.97 Å². The molecule has 1 heterocycles. The van der Waals surface area contributed by atoms with E-state index < -0.39 is 23.7 Å². The van der Waals surface area contributed by atoms with Crippen LogP contribution in [0, 0.1) is 44.4 Å². The molecule has 4 N–H and O–H groups in total. The van der Waals surface area contributed by atoms with Crippen LogP contribution in [0.25, 0.3) is 11.1 Å². The number of fused-ring (bicyclic) bond motifs is 2. The van der Waals surface area contributed by atoms with E-state index in [4.69, 9.17) is 5.73 Å². The molecule has 2 aliphatic rings. The number of carboxylic acids is 1. The number of rotatable bonds is 5. The minimum Gasteiger partial charge on any atom is -0.481 e. The fraction of sp³-hybridized carbons (Fsp3) is 0.348. The molecule has 0 saturated heterocycles. The molecule has 156 valence electrons. The van der Waals surface area contributed by atoms with E-state index in [1.807, 2.05) is 51.1 Å². The largest absolute Gasteiger partial charge is 0.481 e. The van der Waals surface area contributed by atoms with Gasteiger partial charge in [0, 0.05) is 10.4 Å². The lowest BCUT2D eigenvalue weighted by Gasteiger charge is -2.23. The molecular weight excluding hydrogens is 400 g/mol. The number of carboxylic acid groups (broad SMARTS) is 1. The number of nitrogens with two attached hydrogens (primary N) is 1. The van der Waals surface area contributed by atoms with Crippen molar-refractivity contribution in [1.29, 1.82) is 0 Å². The maximum absolute atomic E-state index is 13.1. The zero-order valence-electron chi connectivity index (χ0n) is 17.1. The summed E-state index contributed by atoms with van der Waals surface area (Å²) in [6, 6.07) is 5.93. The van der Waals surface area contributed by atoms with Gasteiger partial charge in [-0.3, -0.25) is 14.4 Å². The summed E-state index contributed by atoms with van der Waals surface area (Å²) in [5.74, 6) is -3.54. The van der Waals surface area contributed by atoms with E-state index in [2.05, 4.69) is 5.32 Å². The summed E-state index contributed by atoms with van der Waals surface area (Å²) in [5, 5.41) is 12.8. The Balaban J connectivity index is 1.71. The monoisotopic (exact) mass is 424 g/mol. The van der Waals surface area contributed by atoms with Gasteiger partial charge in [-0.15, -0.1) is 11.3 Å². The van der Waals surface area contributed by atoms with Crippen molar-refractivity contribution >= 4 is 34.1 Å². The lowest BCUT2D eigenvalue weighted by Crippen LogP contribution is -2.36. The molecule has 0 spiro atoms. The number of nitrogens with one attached hydrogen (secondary N) is 1. The highest BCUT2D eigenvalue weighted by molar-refractivity contribution is 7.17. The topological polar surface area (TPSA) is 109 Å². The normalized spacial score (nSPS) is 24.2. The van der Waals surface area contributed by atoms with Crippen LogP contribution in [0.4, 0.5) is 5.00 Å². The van der Waals surface area contributed by atoms with Crippen LogP contribution in [-0.4, -0.2) is 22.9 Å². The average Bonchev–Trinajstić information content (AvgIpc) is 3.36. The number of thiophene rings is 1. The molecule has 1 aromatic carbocycles. The highest BCUT2D eigenvalue weighted by Crippen LogP contribution is 2.49. The summed E-state index contributed by atoms with van der Waals surface area (Å²) in [7, 11) is 0. The van der Waals surface area contributed by atoms with Crippen LogP contribution in [0.2, 0.25) is 0 Å². The molecule has 2 amide bonds. The summed E-state index contributed by atoms with van der Waals surface area (Å²) in [5.41, 5.74) is 9.81. The number of carbonyl (C=O) groups is 3. The number of aryl methyl sites for hydroxylation is 3. The Labute approximate surface area is 178 Å². The number of hydrogen-bond acceptors (Lipinski definition) is 4. The molecule has 1 saturated carbocycles. The number of amides is 2. The number of primary amides is 1. The predicted molar refractivity (Wildman–Crippen MR) is 116 cm³/mol. The highest BCUT2D eigenvalue weighted by atomic mass is 32.1. The second kappa shape index (κ2) is 7.40. The van der Waals surface area contributed by atoms with Crippen LogP contribution in [-0.2, 0) is 9.59 Å². The fourth-order valence-electron chi connectivity index (χ4n) is 4.82. The summed E-state index contributed by atoms with van der Waals surface area (Å²) < 4.78 is 0. The van der Waals surface area contributed by atoms with Gasteiger partial charge in [-0.1, -0.05) is 30.4 Å². The lowest BCUT2D eigenvalue weighted by molar-refractivity contribution is -0.146. The third-order valence-electron chi connectivity index (χ3n) is 6.41. The number of carbonyl (C=O) groups excluding carboxylic acids is 2. The average molecular weight is 425 g/mol. The molecule has 2 bridgehead atoms. The quantitative estimate of drug-likeness (QED) is 0.632.